The number of hydrogen-bond acceptors (Lipinski definition) is 6. The molecular formula is C11H10NO6. The summed E-state index contributed by atoms with van der Waals surface area (Å²) in [4.78, 5) is 32.3. The topological polar surface area (TPSA) is 95.7 Å². The van der Waals surface area contributed by atoms with E-state index in [-0.39, 0.29) is 11.3 Å². The minimum atomic E-state index is -0.745. The first-order valence-electron chi connectivity index (χ1n) is 4.87. The lowest BCUT2D eigenvalue weighted by atomic mass is 10.2. The molecule has 0 fully saturated rings. The van der Waals surface area contributed by atoms with Gasteiger partial charge in [-0.3, -0.25) is 14.9 Å². The van der Waals surface area contributed by atoms with Gasteiger partial charge in [0.05, 0.1) is 24.0 Å². The van der Waals surface area contributed by atoms with Crippen LogP contribution in [-0.4, -0.2) is 24.0 Å². The maximum Gasteiger partial charge on any atom is 0.338 e. The Labute approximate surface area is 102 Å². The number of methoxy groups -OCH3 is 1. The average molecular weight is 252 g/mol. The van der Waals surface area contributed by atoms with E-state index in [4.69, 9.17) is 4.74 Å². The molecule has 95 valence electrons. The molecule has 0 aromatic heterocycles. The number of carbonyl (C=O) groups is 2. The predicted molar refractivity (Wildman–Crippen MR) is 60.0 cm³/mol. The maximum absolute atomic E-state index is 11.2. The monoisotopic (exact) mass is 252 g/mol. The first-order chi connectivity index (χ1) is 8.49. The van der Waals surface area contributed by atoms with Gasteiger partial charge in [-0.1, -0.05) is 6.92 Å². The minimum absolute atomic E-state index is 0.00415. The Morgan fingerprint density at radius 2 is 2.06 bits per heavy atom. The van der Waals surface area contributed by atoms with E-state index < -0.39 is 22.5 Å². The summed E-state index contributed by atoms with van der Waals surface area (Å²) in [5.74, 6) is -1.65. The second-order valence-electron chi connectivity index (χ2n) is 3.14. The normalized spacial score (nSPS) is 9.67. The van der Waals surface area contributed by atoms with Crippen LogP contribution in [0.1, 0.15) is 17.3 Å². The molecule has 0 N–H and O–H groups in total. The molecule has 0 aliphatic rings. The predicted octanol–water partition coefficient (Wildman–Crippen LogP) is 1.51. The number of benzene rings is 1. The summed E-state index contributed by atoms with van der Waals surface area (Å²) in [6, 6.07) is 3.44. The Balaban J connectivity index is 3.16. The van der Waals surface area contributed by atoms with Crippen LogP contribution in [0.15, 0.2) is 18.2 Å². The molecule has 0 aliphatic heterocycles. The van der Waals surface area contributed by atoms with E-state index in [1.807, 2.05) is 0 Å². The van der Waals surface area contributed by atoms with Crippen LogP contribution in [0.25, 0.3) is 0 Å². The fraction of sp³-hybridized carbons (Fsp3) is 0.182. The number of rotatable bonds is 4. The van der Waals surface area contributed by atoms with E-state index >= 15 is 0 Å². The summed E-state index contributed by atoms with van der Waals surface area (Å²) < 4.78 is 9.17. The summed E-state index contributed by atoms with van der Waals surface area (Å²) >= 11 is 0. The van der Waals surface area contributed by atoms with Crippen molar-refractivity contribution in [3.63, 3.8) is 0 Å². The Bertz CT molecular complexity index is 496. The Morgan fingerprint density at radius 3 is 2.56 bits per heavy atom. The summed E-state index contributed by atoms with van der Waals surface area (Å²) in [5, 5.41) is 10.8. The standard InChI is InChI=1S/C11H10NO6/c1-3-10(13)18-9-5-4-7(11(14)17-2)6-8(9)12(15)16/h3-6H,1-2H3. The summed E-state index contributed by atoms with van der Waals surface area (Å²) in [6.07, 6.45) is 1.12. The van der Waals surface area contributed by atoms with Crippen LogP contribution < -0.4 is 4.74 Å². The molecule has 1 aromatic rings. The molecule has 1 radical (unpaired) electrons. The number of nitro groups is 1. The third-order valence-corrected chi connectivity index (χ3v) is 2.02. The van der Waals surface area contributed by atoms with Gasteiger partial charge in [0.15, 0.2) is 0 Å². The zero-order valence-corrected chi connectivity index (χ0v) is 9.71. The third-order valence-electron chi connectivity index (χ3n) is 2.02. The number of esters is 2. The molecule has 0 unspecified atom stereocenters. The summed E-state index contributed by atoms with van der Waals surface area (Å²) in [7, 11) is 1.16. The number of hydrogen-bond donors (Lipinski definition) is 0. The van der Waals surface area contributed by atoms with E-state index in [0.717, 1.165) is 19.6 Å². The first kappa shape index (κ1) is 13.6. The Morgan fingerprint density at radius 1 is 1.39 bits per heavy atom. The van der Waals surface area contributed by atoms with Crippen LogP contribution in [0, 0.1) is 16.5 Å². The van der Waals surface area contributed by atoms with Crippen molar-refractivity contribution in [1.82, 2.24) is 0 Å². The fourth-order valence-electron chi connectivity index (χ4n) is 1.16. The van der Waals surface area contributed by atoms with E-state index in [2.05, 4.69) is 4.74 Å². The van der Waals surface area contributed by atoms with Crippen LogP contribution in [0.4, 0.5) is 5.69 Å². The third kappa shape index (κ3) is 3.03. The van der Waals surface area contributed by atoms with Gasteiger partial charge in [0.1, 0.15) is 0 Å². The fourth-order valence-corrected chi connectivity index (χ4v) is 1.16. The van der Waals surface area contributed by atoms with Crippen LogP contribution in [0.3, 0.4) is 0 Å². The number of nitrogens with zero attached hydrogens (tertiary/aromatic N) is 1. The van der Waals surface area contributed by atoms with Gasteiger partial charge in [0.25, 0.3) is 0 Å². The molecule has 0 aliphatic carbocycles. The smallest absolute Gasteiger partial charge is 0.338 e. The highest BCUT2D eigenvalue weighted by Crippen LogP contribution is 2.28. The van der Waals surface area contributed by atoms with Crippen molar-refractivity contribution in [2.24, 2.45) is 0 Å². The molecule has 1 aromatic carbocycles. The lowest BCUT2D eigenvalue weighted by Crippen LogP contribution is -2.09. The van der Waals surface area contributed by atoms with E-state index in [1.54, 1.807) is 0 Å². The Kier molecular flexibility index (Phi) is 4.36. The summed E-state index contributed by atoms with van der Waals surface area (Å²) in [5.41, 5.74) is -0.474. The second-order valence-corrected chi connectivity index (χ2v) is 3.14. The lowest BCUT2D eigenvalue weighted by Gasteiger charge is -2.05. The number of nitro benzene ring substituents is 1. The van der Waals surface area contributed by atoms with Crippen LogP contribution in [0.5, 0.6) is 5.75 Å². The average Bonchev–Trinajstić information content (AvgIpc) is 2.37. The van der Waals surface area contributed by atoms with Gasteiger partial charge in [-0.25, -0.2) is 4.79 Å². The second kappa shape index (κ2) is 5.76. The molecule has 1 rings (SSSR count). The molecule has 0 amide bonds. The first-order valence-corrected chi connectivity index (χ1v) is 4.87. The largest absolute Gasteiger partial charge is 0.465 e. The molecule has 0 spiro atoms. The van der Waals surface area contributed by atoms with Crippen molar-refractivity contribution in [3.05, 3.63) is 40.3 Å². The van der Waals surface area contributed by atoms with Crippen molar-refractivity contribution in [2.75, 3.05) is 7.11 Å². The molecule has 7 heteroatoms. The highest BCUT2D eigenvalue weighted by molar-refractivity contribution is 5.91. The SMILES string of the molecule is C[CH]C(=O)Oc1ccc(C(=O)OC)cc1[N+](=O)[O-]. The highest BCUT2D eigenvalue weighted by Gasteiger charge is 2.20. The molecule has 0 saturated heterocycles. The number of carbonyl (C=O) groups excluding carboxylic acids is 2. The maximum atomic E-state index is 11.2. The minimum Gasteiger partial charge on any atom is -0.465 e. The van der Waals surface area contributed by atoms with E-state index in [9.17, 15) is 19.7 Å². The van der Waals surface area contributed by atoms with Crippen LogP contribution in [0.2, 0.25) is 0 Å². The molecule has 0 heterocycles. The zero-order valence-electron chi connectivity index (χ0n) is 9.71. The molecule has 0 atom stereocenters. The molecule has 7 nitrogen and oxygen atoms in total. The quantitative estimate of drug-likeness (QED) is 0.349. The lowest BCUT2D eigenvalue weighted by molar-refractivity contribution is -0.385. The van der Waals surface area contributed by atoms with Crippen molar-refractivity contribution in [1.29, 1.82) is 0 Å². The van der Waals surface area contributed by atoms with Gasteiger partial charge in [-0.2, -0.15) is 0 Å². The summed E-state index contributed by atoms with van der Waals surface area (Å²) in [6.45, 7) is 1.44. The van der Waals surface area contributed by atoms with Crippen molar-refractivity contribution in [3.8, 4) is 5.75 Å². The van der Waals surface area contributed by atoms with Gasteiger partial charge in [0, 0.05) is 6.07 Å². The van der Waals surface area contributed by atoms with Crippen molar-refractivity contribution in [2.45, 2.75) is 6.92 Å². The molecule has 0 saturated carbocycles. The highest BCUT2D eigenvalue weighted by atomic mass is 16.6. The van der Waals surface area contributed by atoms with E-state index in [1.165, 1.54) is 19.1 Å². The Hall–Kier alpha value is -2.44. The van der Waals surface area contributed by atoms with Crippen LogP contribution in [-0.2, 0) is 9.53 Å². The molecule has 0 bridgehead atoms. The molecule has 18 heavy (non-hydrogen) atoms. The van der Waals surface area contributed by atoms with Gasteiger partial charge in [-0.05, 0) is 12.1 Å². The molecular weight excluding hydrogens is 242 g/mol. The van der Waals surface area contributed by atoms with Crippen molar-refractivity contribution >= 4 is 17.6 Å². The van der Waals surface area contributed by atoms with Gasteiger partial charge < -0.3 is 9.47 Å². The van der Waals surface area contributed by atoms with Gasteiger partial charge in [0.2, 0.25) is 5.75 Å². The number of ether oxygens (including phenoxy) is 2. The van der Waals surface area contributed by atoms with Gasteiger partial charge in [-0.15, -0.1) is 0 Å². The van der Waals surface area contributed by atoms with E-state index in [0.29, 0.717) is 0 Å². The van der Waals surface area contributed by atoms with Gasteiger partial charge >= 0.3 is 17.6 Å². The zero-order chi connectivity index (χ0) is 13.7. The van der Waals surface area contributed by atoms with Crippen molar-refractivity contribution < 1.29 is 24.0 Å². The van der Waals surface area contributed by atoms with Crippen LogP contribution >= 0.6 is 0 Å².